The Balaban J connectivity index is 3.14. The van der Waals surface area contributed by atoms with Gasteiger partial charge in [0.15, 0.2) is 11.6 Å². The minimum absolute atomic E-state index is 0.115. The van der Waals surface area contributed by atoms with Crippen LogP contribution in [0.4, 0.5) is 8.78 Å². The summed E-state index contributed by atoms with van der Waals surface area (Å²) >= 11 is 2.86. The first-order valence-corrected chi connectivity index (χ1v) is 3.82. The first-order valence-electron chi connectivity index (χ1n) is 3.02. The zero-order chi connectivity index (χ0) is 9.14. The average Bonchev–Trinajstić information content (AvgIpc) is 2.06. The van der Waals surface area contributed by atoms with Gasteiger partial charge < -0.3 is 9.84 Å². The smallest absolute Gasteiger partial charge is 0.228 e. The Morgan fingerprint density at radius 3 is 2.75 bits per heavy atom. The fourth-order valence-corrected chi connectivity index (χ4v) is 1.03. The highest BCUT2D eigenvalue weighted by atomic mass is 79.9. The summed E-state index contributed by atoms with van der Waals surface area (Å²) in [6.45, 7) is -1.18. The fraction of sp³-hybridized carbons (Fsp3) is 0.143. The van der Waals surface area contributed by atoms with Crippen molar-refractivity contribution in [1.29, 1.82) is 0 Å². The van der Waals surface area contributed by atoms with Gasteiger partial charge in [0.1, 0.15) is 0 Å². The number of hydrogen-bond donors (Lipinski definition) is 1. The highest BCUT2D eigenvalue weighted by Crippen LogP contribution is 2.33. The molecule has 0 fully saturated rings. The summed E-state index contributed by atoms with van der Waals surface area (Å²) in [6, 6.07) is 2.51. The van der Waals surface area contributed by atoms with Crippen molar-refractivity contribution in [3.05, 3.63) is 22.4 Å². The van der Waals surface area contributed by atoms with Crippen molar-refractivity contribution in [3.63, 3.8) is 0 Å². The van der Waals surface area contributed by atoms with Crippen LogP contribution in [0.3, 0.4) is 0 Å². The van der Waals surface area contributed by atoms with Gasteiger partial charge in [-0.2, -0.15) is 0 Å². The Morgan fingerprint density at radius 2 is 2.17 bits per heavy atom. The maximum absolute atomic E-state index is 13.0. The van der Waals surface area contributed by atoms with Crippen molar-refractivity contribution in [2.75, 3.05) is 6.86 Å². The predicted octanol–water partition coefficient (Wildman–Crippen LogP) is 2.60. The Kier molecular flexibility index (Phi) is 2.86. The Bertz CT molecular complexity index is 291. The molecule has 0 aliphatic heterocycles. The molecular weight excluding hydrogens is 234 g/mol. The minimum atomic E-state index is -1.18. The number of aromatic hydroxyl groups is 1. The molecule has 0 aromatic heterocycles. The molecule has 0 saturated carbocycles. The molecule has 0 aliphatic carbocycles. The standard InChI is InChI=1S/C7H5BrF2O2/c8-4-1-2-5(11)7(6(4)10)12-3-9/h1-2,11H,3H2. The van der Waals surface area contributed by atoms with E-state index in [-0.39, 0.29) is 4.47 Å². The fourth-order valence-electron chi connectivity index (χ4n) is 0.714. The lowest BCUT2D eigenvalue weighted by Gasteiger charge is -2.05. The molecule has 0 heterocycles. The molecule has 0 amide bonds. The second-order valence-corrected chi connectivity index (χ2v) is 2.82. The van der Waals surface area contributed by atoms with Crippen LogP contribution in [0.1, 0.15) is 0 Å². The van der Waals surface area contributed by atoms with E-state index < -0.39 is 24.2 Å². The lowest BCUT2D eigenvalue weighted by molar-refractivity contribution is 0.177. The molecule has 0 spiro atoms. The maximum Gasteiger partial charge on any atom is 0.228 e. The molecule has 66 valence electrons. The van der Waals surface area contributed by atoms with E-state index in [1.54, 1.807) is 0 Å². The Hall–Kier alpha value is -0.840. The summed E-state index contributed by atoms with van der Waals surface area (Å²) in [6.07, 6.45) is 0. The normalized spacial score (nSPS) is 9.92. The van der Waals surface area contributed by atoms with Crippen molar-refractivity contribution in [1.82, 2.24) is 0 Å². The largest absolute Gasteiger partial charge is 0.504 e. The number of rotatable bonds is 2. The van der Waals surface area contributed by atoms with Crippen LogP contribution in [0.2, 0.25) is 0 Å². The van der Waals surface area contributed by atoms with E-state index in [0.717, 1.165) is 0 Å². The van der Waals surface area contributed by atoms with Gasteiger partial charge in [-0.3, -0.25) is 0 Å². The van der Waals surface area contributed by atoms with Gasteiger partial charge in [-0.1, -0.05) is 0 Å². The third-order valence-electron chi connectivity index (χ3n) is 1.23. The van der Waals surface area contributed by atoms with Crippen molar-refractivity contribution < 1.29 is 18.6 Å². The zero-order valence-corrected chi connectivity index (χ0v) is 7.44. The second kappa shape index (κ2) is 3.71. The van der Waals surface area contributed by atoms with Crippen molar-refractivity contribution >= 4 is 15.9 Å². The summed E-state index contributed by atoms with van der Waals surface area (Å²) in [5.74, 6) is -1.71. The number of phenolic OH excluding ortho intramolecular Hbond substituents is 1. The number of halogens is 3. The highest BCUT2D eigenvalue weighted by molar-refractivity contribution is 9.10. The van der Waals surface area contributed by atoms with E-state index in [1.165, 1.54) is 12.1 Å². The summed E-state index contributed by atoms with van der Waals surface area (Å²) < 4.78 is 28.9. The predicted molar refractivity (Wildman–Crippen MR) is 42.4 cm³/mol. The van der Waals surface area contributed by atoms with Gasteiger partial charge in [0, 0.05) is 0 Å². The van der Waals surface area contributed by atoms with Crippen molar-refractivity contribution in [3.8, 4) is 11.5 Å². The third kappa shape index (κ3) is 1.66. The van der Waals surface area contributed by atoms with Gasteiger partial charge in [0.2, 0.25) is 12.6 Å². The van der Waals surface area contributed by atoms with E-state index in [9.17, 15) is 8.78 Å². The first kappa shape index (κ1) is 9.25. The number of hydrogen-bond acceptors (Lipinski definition) is 2. The van der Waals surface area contributed by atoms with Crippen LogP contribution < -0.4 is 4.74 Å². The van der Waals surface area contributed by atoms with Gasteiger partial charge in [-0.15, -0.1) is 0 Å². The summed E-state index contributed by atoms with van der Waals surface area (Å²) in [5.41, 5.74) is 0. The summed E-state index contributed by atoms with van der Waals surface area (Å²) in [7, 11) is 0. The van der Waals surface area contributed by atoms with E-state index in [4.69, 9.17) is 5.11 Å². The van der Waals surface area contributed by atoms with Gasteiger partial charge in [-0.05, 0) is 28.1 Å². The summed E-state index contributed by atoms with van der Waals surface area (Å²) in [4.78, 5) is 0. The number of ether oxygens (including phenoxy) is 1. The summed E-state index contributed by atoms with van der Waals surface area (Å²) in [5, 5.41) is 8.99. The van der Waals surface area contributed by atoms with Gasteiger partial charge >= 0.3 is 0 Å². The number of alkyl halides is 1. The second-order valence-electron chi connectivity index (χ2n) is 1.96. The lowest BCUT2D eigenvalue weighted by Crippen LogP contribution is -1.94. The monoisotopic (exact) mass is 238 g/mol. The van der Waals surface area contributed by atoms with Crippen LogP contribution in [0.25, 0.3) is 0 Å². The molecule has 0 bridgehead atoms. The molecule has 12 heavy (non-hydrogen) atoms. The molecule has 1 N–H and O–H groups in total. The molecule has 0 radical (unpaired) electrons. The SMILES string of the molecule is Oc1ccc(Br)c(F)c1OCF. The van der Waals surface area contributed by atoms with Crippen LogP contribution in [-0.2, 0) is 0 Å². The van der Waals surface area contributed by atoms with E-state index in [2.05, 4.69) is 20.7 Å². The number of benzene rings is 1. The Labute approximate surface area is 75.9 Å². The highest BCUT2D eigenvalue weighted by Gasteiger charge is 2.12. The molecule has 0 atom stereocenters. The third-order valence-corrected chi connectivity index (χ3v) is 1.84. The van der Waals surface area contributed by atoms with Gasteiger partial charge in [0.25, 0.3) is 0 Å². The van der Waals surface area contributed by atoms with Crippen molar-refractivity contribution in [2.45, 2.75) is 0 Å². The maximum atomic E-state index is 13.0. The van der Waals surface area contributed by atoms with E-state index in [0.29, 0.717) is 0 Å². The van der Waals surface area contributed by atoms with Crippen LogP contribution in [0.5, 0.6) is 11.5 Å². The molecule has 1 aromatic rings. The topological polar surface area (TPSA) is 29.5 Å². The zero-order valence-electron chi connectivity index (χ0n) is 5.85. The average molecular weight is 239 g/mol. The first-order chi connectivity index (χ1) is 5.66. The number of phenols is 1. The van der Waals surface area contributed by atoms with Crippen LogP contribution >= 0.6 is 15.9 Å². The molecule has 1 aromatic carbocycles. The molecule has 5 heteroatoms. The van der Waals surface area contributed by atoms with Crippen molar-refractivity contribution in [2.24, 2.45) is 0 Å². The lowest BCUT2D eigenvalue weighted by atomic mass is 10.3. The molecule has 0 aliphatic rings. The van der Waals surface area contributed by atoms with E-state index in [1.807, 2.05) is 0 Å². The molecule has 1 rings (SSSR count). The Morgan fingerprint density at radius 1 is 1.50 bits per heavy atom. The van der Waals surface area contributed by atoms with Gasteiger partial charge in [0.05, 0.1) is 4.47 Å². The van der Waals surface area contributed by atoms with Crippen LogP contribution in [0.15, 0.2) is 16.6 Å². The minimum Gasteiger partial charge on any atom is -0.504 e. The molecule has 2 nitrogen and oxygen atoms in total. The molecule has 0 unspecified atom stereocenters. The van der Waals surface area contributed by atoms with Crippen LogP contribution in [0, 0.1) is 5.82 Å². The molecule has 0 saturated heterocycles. The van der Waals surface area contributed by atoms with Crippen LogP contribution in [-0.4, -0.2) is 12.0 Å². The van der Waals surface area contributed by atoms with E-state index >= 15 is 0 Å². The molecular formula is C7H5BrF2O2. The van der Waals surface area contributed by atoms with Gasteiger partial charge in [-0.25, -0.2) is 8.78 Å². The quantitative estimate of drug-likeness (QED) is 0.859.